The molecule has 2 nitrogen and oxygen atoms in total. The van der Waals surface area contributed by atoms with E-state index in [2.05, 4.69) is 57.9 Å². The lowest BCUT2D eigenvalue weighted by Crippen LogP contribution is -2.16. The second-order valence-corrected chi connectivity index (χ2v) is 5.29. The van der Waals surface area contributed by atoms with Gasteiger partial charge in [0.15, 0.2) is 0 Å². The van der Waals surface area contributed by atoms with Crippen LogP contribution in [0.2, 0.25) is 0 Å². The van der Waals surface area contributed by atoms with Crippen LogP contribution in [-0.4, -0.2) is 15.3 Å². The summed E-state index contributed by atoms with van der Waals surface area (Å²) < 4.78 is 0. The third-order valence-electron chi connectivity index (χ3n) is 2.53. The molecule has 0 saturated heterocycles. The molecule has 0 radical (unpaired) electrons. The summed E-state index contributed by atoms with van der Waals surface area (Å²) in [6, 6.07) is 6.42. The Morgan fingerprint density at radius 3 is 2.93 bits per heavy atom. The van der Waals surface area contributed by atoms with E-state index in [0.717, 1.165) is 22.8 Å². The molecule has 0 spiro atoms. The maximum atomic E-state index is 4.21. The smallest absolute Gasteiger partial charge is 0.0931 e. The molecule has 0 aliphatic heterocycles. The van der Waals surface area contributed by atoms with E-state index < -0.39 is 0 Å². The van der Waals surface area contributed by atoms with Gasteiger partial charge in [-0.15, -0.1) is 0 Å². The molecule has 2 aromatic rings. The van der Waals surface area contributed by atoms with Gasteiger partial charge in [-0.2, -0.15) is 0 Å². The van der Waals surface area contributed by atoms with Crippen molar-refractivity contribution in [1.82, 2.24) is 9.97 Å². The van der Waals surface area contributed by atoms with Gasteiger partial charge < -0.3 is 4.98 Å². The van der Waals surface area contributed by atoms with Crippen LogP contribution in [0, 0.1) is 5.41 Å². The first-order valence-electron chi connectivity index (χ1n) is 5.09. The standard InChI is InChI=1S/C12H15BrN2/c1-12(2,7-13)6-9-3-4-10-11(5-9)15-8-14-10/h3-5,8H,6-7H2,1-2H3,(H,14,15). The lowest BCUT2D eigenvalue weighted by atomic mass is 9.88. The van der Waals surface area contributed by atoms with E-state index in [1.54, 1.807) is 6.33 Å². The van der Waals surface area contributed by atoms with Gasteiger partial charge in [-0.1, -0.05) is 35.8 Å². The van der Waals surface area contributed by atoms with E-state index >= 15 is 0 Å². The molecule has 0 atom stereocenters. The predicted molar refractivity (Wildman–Crippen MR) is 67.4 cm³/mol. The Morgan fingerprint density at radius 1 is 1.40 bits per heavy atom. The Labute approximate surface area is 98.2 Å². The monoisotopic (exact) mass is 266 g/mol. The zero-order chi connectivity index (χ0) is 10.9. The van der Waals surface area contributed by atoms with Gasteiger partial charge in [0.05, 0.1) is 17.4 Å². The van der Waals surface area contributed by atoms with Crippen LogP contribution >= 0.6 is 15.9 Å². The summed E-state index contributed by atoms with van der Waals surface area (Å²) in [6.07, 6.45) is 2.82. The lowest BCUT2D eigenvalue weighted by molar-refractivity contribution is 0.425. The molecule has 0 bridgehead atoms. The summed E-state index contributed by atoms with van der Waals surface area (Å²) in [7, 11) is 0. The number of aromatic amines is 1. The van der Waals surface area contributed by atoms with Crippen LogP contribution < -0.4 is 0 Å². The van der Waals surface area contributed by atoms with Gasteiger partial charge in [0.25, 0.3) is 0 Å². The number of H-pyrrole nitrogens is 1. The Bertz CT molecular complexity index is 459. The molecule has 3 heteroatoms. The third-order valence-corrected chi connectivity index (χ3v) is 4.05. The van der Waals surface area contributed by atoms with Crippen molar-refractivity contribution in [2.45, 2.75) is 20.3 Å². The first kappa shape index (κ1) is 10.7. The number of nitrogens with zero attached hydrogens (tertiary/aromatic N) is 1. The highest BCUT2D eigenvalue weighted by Crippen LogP contribution is 2.25. The SMILES string of the molecule is CC(C)(CBr)Cc1ccc2nc[nH]c2c1. The van der Waals surface area contributed by atoms with E-state index in [0.29, 0.717) is 5.41 Å². The lowest BCUT2D eigenvalue weighted by Gasteiger charge is -2.21. The summed E-state index contributed by atoms with van der Waals surface area (Å²) in [5.74, 6) is 0. The van der Waals surface area contributed by atoms with Crippen LogP contribution in [0.15, 0.2) is 24.5 Å². The molecule has 0 amide bonds. The van der Waals surface area contributed by atoms with Crippen molar-refractivity contribution >= 4 is 27.0 Å². The summed E-state index contributed by atoms with van der Waals surface area (Å²) >= 11 is 3.55. The maximum absolute atomic E-state index is 4.21. The number of benzene rings is 1. The Morgan fingerprint density at radius 2 is 2.20 bits per heavy atom. The molecular formula is C12H15BrN2. The van der Waals surface area contributed by atoms with Gasteiger partial charge in [0.1, 0.15) is 0 Å². The highest BCUT2D eigenvalue weighted by atomic mass is 79.9. The number of hydrogen-bond donors (Lipinski definition) is 1. The molecule has 0 fully saturated rings. The van der Waals surface area contributed by atoms with Crippen LogP contribution in [0.1, 0.15) is 19.4 Å². The van der Waals surface area contributed by atoms with Crippen molar-refractivity contribution in [1.29, 1.82) is 0 Å². The fourth-order valence-corrected chi connectivity index (χ4v) is 1.89. The highest BCUT2D eigenvalue weighted by molar-refractivity contribution is 9.09. The molecule has 0 unspecified atom stereocenters. The normalized spacial score (nSPS) is 12.2. The van der Waals surface area contributed by atoms with Gasteiger partial charge in [0, 0.05) is 5.33 Å². The van der Waals surface area contributed by atoms with E-state index in [9.17, 15) is 0 Å². The second kappa shape index (κ2) is 3.97. The van der Waals surface area contributed by atoms with Crippen LogP contribution in [-0.2, 0) is 6.42 Å². The number of imidazole rings is 1. The van der Waals surface area contributed by atoms with Gasteiger partial charge in [-0.3, -0.25) is 0 Å². The molecule has 0 aliphatic rings. The molecule has 1 aromatic heterocycles. The predicted octanol–water partition coefficient (Wildman–Crippen LogP) is 3.53. The zero-order valence-electron chi connectivity index (χ0n) is 9.05. The molecule has 80 valence electrons. The van der Waals surface area contributed by atoms with Gasteiger partial charge in [0.2, 0.25) is 0 Å². The molecule has 15 heavy (non-hydrogen) atoms. The first-order valence-corrected chi connectivity index (χ1v) is 6.21. The fourth-order valence-electron chi connectivity index (χ4n) is 1.69. The molecule has 2 rings (SSSR count). The number of fused-ring (bicyclic) bond motifs is 1. The first-order chi connectivity index (χ1) is 7.11. The minimum Gasteiger partial charge on any atom is -0.345 e. The Hall–Kier alpha value is -0.830. The number of hydrogen-bond acceptors (Lipinski definition) is 1. The van der Waals surface area contributed by atoms with Crippen LogP contribution in [0.3, 0.4) is 0 Å². The van der Waals surface area contributed by atoms with E-state index in [1.165, 1.54) is 5.56 Å². The molecule has 1 heterocycles. The van der Waals surface area contributed by atoms with Crippen molar-refractivity contribution in [3.05, 3.63) is 30.1 Å². The number of rotatable bonds is 3. The van der Waals surface area contributed by atoms with Gasteiger partial charge in [-0.05, 0) is 29.5 Å². The number of nitrogens with one attached hydrogen (secondary N) is 1. The minimum atomic E-state index is 0.299. The van der Waals surface area contributed by atoms with E-state index in [1.807, 2.05) is 0 Å². The topological polar surface area (TPSA) is 28.7 Å². The van der Waals surface area contributed by atoms with Crippen molar-refractivity contribution in [2.75, 3.05) is 5.33 Å². The summed E-state index contributed by atoms with van der Waals surface area (Å²) in [6.45, 7) is 4.53. The second-order valence-electron chi connectivity index (χ2n) is 4.73. The average molecular weight is 267 g/mol. The quantitative estimate of drug-likeness (QED) is 0.847. The van der Waals surface area contributed by atoms with E-state index in [4.69, 9.17) is 0 Å². The van der Waals surface area contributed by atoms with Crippen molar-refractivity contribution in [3.8, 4) is 0 Å². The molecule has 1 N–H and O–H groups in total. The highest BCUT2D eigenvalue weighted by Gasteiger charge is 2.16. The minimum absolute atomic E-state index is 0.299. The largest absolute Gasteiger partial charge is 0.345 e. The Kier molecular flexibility index (Phi) is 2.83. The molecule has 0 aliphatic carbocycles. The van der Waals surface area contributed by atoms with Crippen LogP contribution in [0.25, 0.3) is 11.0 Å². The molecule has 0 saturated carbocycles. The van der Waals surface area contributed by atoms with E-state index in [-0.39, 0.29) is 0 Å². The van der Waals surface area contributed by atoms with Crippen LogP contribution in [0.4, 0.5) is 0 Å². The summed E-state index contributed by atoms with van der Waals surface area (Å²) in [4.78, 5) is 7.35. The average Bonchev–Trinajstić information content (AvgIpc) is 2.64. The van der Waals surface area contributed by atoms with Crippen molar-refractivity contribution in [2.24, 2.45) is 5.41 Å². The Balaban J connectivity index is 2.28. The van der Waals surface area contributed by atoms with Gasteiger partial charge in [-0.25, -0.2) is 4.98 Å². The molecule has 1 aromatic carbocycles. The number of halogens is 1. The summed E-state index contributed by atoms with van der Waals surface area (Å²) in [5, 5.41) is 1.01. The summed E-state index contributed by atoms with van der Waals surface area (Å²) in [5.41, 5.74) is 3.82. The fraction of sp³-hybridized carbons (Fsp3) is 0.417. The van der Waals surface area contributed by atoms with Gasteiger partial charge >= 0.3 is 0 Å². The number of aromatic nitrogens is 2. The van der Waals surface area contributed by atoms with Crippen molar-refractivity contribution < 1.29 is 0 Å². The van der Waals surface area contributed by atoms with Crippen LogP contribution in [0.5, 0.6) is 0 Å². The molecular weight excluding hydrogens is 252 g/mol. The van der Waals surface area contributed by atoms with Crippen molar-refractivity contribution in [3.63, 3.8) is 0 Å². The zero-order valence-corrected chi connectivity index (χ0v) is 10.6. The maximum Gasteiger partial charge on any atom is 0.0931 e. The third kappa shape index (κ3) is 2.40. The number of alkyl halides is 1.